The van der Waals surface area contributed by atoms with Crippen molar-refractivity contribution in [2.75, 3.05) is 31.9 Å². The Morgan fingerprint density at radius 3 is 2.48 bits per heavy atom. The van der Waals surface area contributed by atoms with Crippen molar-refractivity contribution in [2.24, 2.45) is 5.73 Å². The van der Waals surface area contributed by atoms with Crippen LogP contribution in [0, 0.1) is 0 Å². The standard InChI is InChI=1S/C13H25N3O4S/c14-11-3-6-15(7-4-11)12-5-8-16(10-12)21(19,20)9-1-2-13(17)18/h11-12H,1-10,14H2,(H,17,18). The zero-order valence-corrected chi connectivity index (χ0v) is 13.1. The molecule has 0 aromatic carbocycles. The first-order chi connectivity index (χ1) is 9.88. The van der Waals surface area contributed by atoms with Crippen molar-refractivity contribution in [1.82, 2.24) is 9.21 Å². The number of carboxylic acids is 1. The van der Waals surface area contributed by atoms with Gasteiger partial charge < -0.3 is 10.8 Å². The van der Waals surface area contributed by atoms with E-state index in [9.17, 15) is 13.2 Å². The molecule has 8 heteroatoms. The van der Waals surface area contributed by atoms with Gasteiger partial charge in [-0.2, -0.15) is 0 Å². The van der Waals surface area contributed by atoms with Gasteiger partial charge >= 0.3 is 5.97 Å². The molecule has 7 nitrogen and oxygen atoms in total. The first-order valence-electron chi connectivity index (χ1n) is 7.58. The molecule has 0 radical (unpaired) electrons. The average molecular weight is 319 g/mol. The van der Waals surface area contributed by atoms with Gasteiger partial charge in [0.05, 0.1) is 5.75 Å². The summed E-state index contributed by atoms with van der Waals surface area (Å²) in [5.74, 6) is -1.02. The summed E-state index contributed by atoms with van der Waals surface area (Å²) < 4.78 is 25.9. The summed E-state index contributed by atoms with van der Waals surface area (Å²) in [6, 6.07) is 0.560. The second kappa shape index (κ2) is 7.04. The number of hydrogen-bond acceptors (Lipinski definition) is 5. The van der Waals surface area contributed by atoms with E-state index < -0.39 is 16.0 Å². The lowest BCUT2D eigenvalue weighted by atomic mass is 10.0. The highest BCUT2D eigenvalue weighted by Gasteiger charge is 2.35. The molecule has 0 aliphatic carbocycles. The van der Waals surface area contributed by atoms with E-state index in [4.69, 9.17) is 10.8 Å². The topological polar surface area (TPSA) is 104 Å². The first kappa shape index (κ1) is 16.7. The minimum absolute atomic E-state index is 0.0725. The third-order valence-corrected chi connectivity index (χ3v) is 6.33. The molecule has 122 valence electrons. The molecule has 2 rings (SSSR count). The Hall–Kier alpha value is -0.700. The summed E-state index contributed by atoms with van der Waals surface area (Å²) >= 11 is 0. The molecule has 0 bridgehead atoms. The molecule has 0 aromatic heterocycles. The number of likely N-dealkylation sites (tertiary alicyclic amines) is 1. The highest BCUT2D eigenvalue weighted by Crippen LogP contribution is 2.22. The van der Waals surface area contributed by atoms with E-state index in [1.165, 1.54) is 4.31 Å². The van der Waals surface area contributed by atoms with E-state index in [1.807, 2.05) is 0 Å². The van der Waals surface area contributed by atoms with Crippen LogP contribution >= 0.6 is 0 Å². The van der Waals surface area contributed by atoms with Gasteiger partial charge in [0, 0.05) is 31.6 Å². The van der Waals surface area contributed by atoms with Crippen molar-refractivity contribution in [3.8, 4) is 0 Å². The second-order valence-corrected chi connectivity index (χ2v) is 8.08. The smallest absolute Gasteiger partial charge is 0.303 e. The minimum atomic E-state index is -3.32. The number of nitrogens with two attached hydrogens (primary N) is 1. The molecular weight excluding hydrogens is 294 g/mol. The third-order valence-electron chi connectivity index (χ3n) is 4.40. The maximum absolute atomic E-state index is 12.2. The van der Waals surface area contributed by atoms with Gasteiger partial charge in [0.25, 0.3) is 0 Å². The molecule has 2 heterocycles. The fraction of sp³-hybridized carbons (Fsp3) is 0.923. The quantitative estimate of drug-likeness (QED) is 0.695. The van der Waals surface area contributed by atoms with E-state index in [-0.39, 0.29) is 30.7 Å². The van der Waals surface area contributed by atoms with Crippen molar-refractivity contribution >= 4 is 16.0 Å². The Labute approximate surface area is 126 Å². The van der Waals surface area contributed by atoms with Crippen LogP contribution in [0.4, 0.5) is 0 Å². The molecule has 3 N–H and O–H groups in total. The van der Waals surface area contributed by atoms with Crippen LogP contribution < -0.4 is 5.73 Å². The summed E-state index contributed by atoms with van der Waals surface area (Å²) in [4.78, 5) is 12.8. The average Bonchev–Trinajstić information content (AvgIpc) is 2.89. The van der Waals surface area contributed by atoms with E-state index in [0.717, 1.165) is 32.4 Å². The van der Waals surface area contributed by atoms with E-state index in [2.05, 4.69) is 4.90 Å². The molecule has 0 amide bonds. The van der Waals surface area contributed by atoms with Gasteiger partial charge in [0.2, 0.25) is 10.0 Å². The summed E-state index contributed by atoms with van der Waals surface area (Å²) in [6.45, 7) is 2.96. The van der Waals surface area contributed by atoms with E-state index in [1.54, 1.807) is 0 Å². The van der Waals surface area contributed by atoms with Crippen molar-refractivity contribution in [3.63, 3.8) is 0 Å². The fourth-order valence-corrected chi connectivity index (χ4v) is 4.63. The van der Waals surface area contributed by atoms with Gasteiger partial charge in [-0.25, -0.2) is 12.7 Å². The number of hydrogen-bond donors (Lipinski definition) is 2. The highest BCUT2D eigenvalue weighted by molar-refractivity contribution is 7.89. The van der Waals surface area contributed by atoms with Crippen molar-refractivity contribution < 1.29 is 18.3 Å². The maximum Gasteiger partial charge on any atom is 0.303 e. The Bertz CT molecular complexity index is 460. The fourth-order valence-electron chi connectivity index (χ4n) is 3.08. The summed E-state index contributed by atoms with van der Waals surface area (Å²) in [7, 11) is -3.32. The summed E-state index contributed by atoms with van der Waals surface area (Å²) in [6.07, 6.45) is 2.88. The number of carbonyl (C=O) groups is 1. The minimum Gasteiger partial charge on any atom is -0.481 e. The van der Waals surface area contributed by atoms with Crippen LogP contribution in [-0.2, 0) is 14.8 Å². The van der Waals surface area contributed by atoms with Crippen molar-refractivity contribution in [1.29, 1.82) is 0 Å². The predicted molar refractivity (Wildman–Crippen MR) is 79.4 cm³/mol. The largest absolute Gasteiger partial charge is 0.481 e. The van der Waals surface area contributed by atoms with Crippen LogP contribution in [0.5, 0.6) is 0 Å². The third kappa shape index (κ3) is 4.64. The predicted octanol–water partition coefficient (Wildman–Crippen LogP) is -0.322. The molecular formula is C13H25N3O4S. The lowest BCUT2D eigenvalue weighted by molar-refractivity contribution is -0.137. The molecule has 2 aliphatic heterocycles. The Kier molecular flexibility index (Phi) is 5.59. The van der Waals surface area contributed by atoms with Crippen LogP contribution in [0.1, 0.15) is 32.1 Å². The number of nitrogens with zero attached hydrogens (tertiary/aromatic N) is 2. The van der Waals surface area contributed by atoms with Crippen molar-refractivity contribution in [3.05, 3.63) is 0 Å². The highest BCUT2D eigenvalue weighted by atomic mass is 32.2. The Morgan fingerprint density at radius 1 is 1.19 bits per heavy atom. The molecule has 2 saturated heterocycles. The number of sulfonamides is 1. The maximum atomic E-state index is 12.2. The van der Waals surface area contributed by atoms with E-state index in [0.29, 0.717) is 13.1 Å². The molecule has 1 unspecified atom stereocenters. The van der Waals surface area contributed by atoms with Crippen LogP contribution in [0.15, 0.2) is 0 Å². The van der Waals surface area contributed by atoms with Gasteiger partial charge in [0.15, 0.2) is 0 Å². The van der Waals surface area contributed by atoms with Crippen LogP contribution in [0.2, 0.25) is 0 Å². The van der Waals surface area contributed by atoms with Crippen molar-refractivity contribution in [2.45, 2.75) is 44.2 Å². The monoisotopic (exact) mass is 319 g/mol. The summed E-state index contributed by atoms with van der Waals surface area (Å²) in [5.41, 5.74) is 5.89. The molecule has 0 aromatic rings. The van der Waals surface area contributed by atoms with Crippen LogP contribution in [0.3, 0.4) is 0 Å². The number of carboxylic acid groups (broad SMARTS) is 1. The SMILES string of the molecule is NC1CCN(C2CCN(S(=O)(=O)CCCC(=O)O)C2)CC1. The van der Waals surface area contributed by atoms with Gasteiger partial charge in [-0.15, -0.1) is 0 Å². The molecule has 0 spiro atoms. The van der Waals surface area contributed by atoms with Gasteiger partial charge in [0.1, 0.15) is 0 Å². The number of piperidine rings is 1. The zero-order chi connectivity index (χ0) is 15.5. The molecule has 0 saturated carbocycles. The molecule has 21 heavy (non-hydrogen) atoms. The van der Waals surface area contributed by atoms with Gasteiger partial charge in [-0.05, 0) is 38.8 Å². The van der Waals surface area contributed by atoms with Crippen LogP contribution in [0.25, 0.3) is 0 Å². The Morgan fingerprint density at radius 2 is 1.86 bits per heavy atom. The van der Waals surface area contributed by atoms with Gasteiger partial charge in [-0.1, -0.05) is 0 Å². The molecule has 2 fully saturated rings. The zero-order valence-electron chi connectivity index (χ0n) is 12.3. The second-order valence-electron chi connectivity index (χ2n) is 5.99. The summed E-state index contributed by atoms with van der Waals surface area (Å²) in [5, 5.41) is 8.58. The lowest BCUT2D eigenvalue weighted by Crippen LogP contribution is -2.46. The number of aliphatic carboxylic acids is 1. The normalized spacial score (nSPS) is 26.2. The van der Waals surface area contributed by atoms with Gasteiger partial charge in [-0.3, -0.25) is 9.69 Å². The first-order valence-corrected chi connectivity index (χ1v) is 9.18. The number of rotatable bonds is 6. The Balaban J connectivity index is 1.82. The molecule has 2 aliphatic rings. The lowest BCUT2D eigenvalue weighted by Gasteiger charge is -2.34. The van der Waals surface area contributed by atoms with Crippen LogP contribution in [-0.4, -0.2) is 72.7 Å². The van der Waals surface area contributed by atoms with E-state index >= 15 is 0 Å². The molecule has 1 atom stereocenters.